The Kier molecular flexibility index (Phi) is 5.51. The smallest absolute Gasteiger partial charge is 0.327 e. The highest BCUT2D eigenvalue weighted by Gasteiger charge is 2.35. The van der Waals surface area contributed by atoms with Gasteiger partial charge in [0.05, 0.1) is 16.0 Å². The maximum Gasteiger partial charge on any atom is 0.327 e. The van der Waals surface area contributed by atoms with E-state index >= 15 is 0 Å². The van der Waals surface area contributed by atoms with E-state index in [1.807, 2.05) is 13.8 Å². The van der Waals surface area contributed by atoms with Crippen LogP contribution in [0.25, 0.3) is 0 Å². The number of carboxylic acid groups (broad SMARTS) is 1. The quantitative estimate of drug-likeness (QED) is 0.592. The van der Waals surface area contributed by atoms with Crippen LogP contribution >= 0.6 is 11.6 Å². The van der Waals surface area contributed by atoms with Crippen molar-refractivity contribution in [1.29, 1.82) is 0 Å². The standard InChI is InChI=1S/C13H17ClN2O5/c1-8(2)15-13(3,12(17)18)7-21-11-6-9(16(19)20)4-5-10(11)14/h4-6,8,15H,7H2,1-3H3,(H,17,18). The Morgan fingerprint density at radius 3 is 2.67 bits per heavy atom. The van der Waals surface area contributed by atoms with E-state index in [9.17, 15) is 20.0 Å². The van der Waals surface area contributed by atoms with Gasteiger partial charge in [-0.3, -0.25) is 20.2 Å². The first kappa shape index (κ1) is 17.2. The van der Waals surface area contributed by atoms with Crippen LogP contribution in [-0.2, 0) is 4.79 Å². The molecule has 0 bridgehead atoms. The summed E-state index contributed by atoms with van der Waals surface area (Å²) in [5.41, 5.74) is -1.51. The van der Waals surface area contributed by atoms with Crippen molar-refractivity contribution in [1.82, 2.24) is 5.32 Å². The van der Waals surface area contributed by atoms with Crippen LogP contribution in [0, 0.1) is 10.1 Å². The Hall–Kier alpha value is -1.86. The van der Waals surface area contributed by atoms with Crippen molar-refractivity contribution in [3.8, 4) is 5.75 Å². The molecule has 0 saturated heterocycles. The number of non-ortho nitro benzene ring substituents is 1. The normalized spacial score (nSPS) is 13.8. The van der Waals surface area contributed by atoms with Crippen molar-refractivity contribution in [3.05, 3.63) is 33.3 Å². The highest BCUT2D eigenvalue weighted by Crippen LogP contribution is 2.29. The minimum atomic E-state index is -1.33. The molecule has 0 fully saturated rings. The van der Waals surface area contributed by atoms with E-state index < -0.39 is 16.4 Å². The molecule has 116 valence electrons. The monoisotopic (exact) mass is 316 g/mol. The number of rotatable bonds is 7. The highest BCUT2D eigenvalue weighted by atomic mass is 35.5. The molecule has 1 unspecified atom stereocenters. The van der Waals surface area contributed by atoms with Crippen molar-refractivity contribution >= 4 is 23.3 Å². The number of hydrogen-bond donors (Lipinski definition) is 2. The third-order valence-electron chi connectivity index (χ3n) is 2.72. The van der Waals surface area contributed by atoms with E-state index in [1.54, 1.807) is 0 Å². The predicted molar refractivity (Wildman–Crippen MR) is 77.9 cm³/mol. The Morgan fingerprint density at radius 1 is 1.57 bits per heavy atom. The second-order valence-corrected chi connectivity index (χ2v) is 5.50. The van der Waals surface area contributed by atoms with Gasteiger partial charge in [-0.25, -0.2) is 0 Å². The number of nitrogens with zero attached hydrogens (tertiary/aromatic N) is 1. The van der Waals surface area contributed by atoms with Crippen LogP contribution in [0.4, 0.5) is 5.69 Å². The van der Waals surface area contributed by atoms with Crippen LogP contribution in [0.3, 0.4) is 0 Å². The molecule has 0 radical (unpaired) electrons. The molecule has 0 spiro atoms. The third-order valence-corrected chi connectivity index (χ3v) is 3.03. The number of hydrogen-bond acceptors (Lipinski definition) is 5. The second-order valence-electron chi connectivity index (χ2n) is 5.10. The van der Waals surface area contributed by atoms with Crippen LogP contribution in [0.15, 0.2) is 18.2 Å². The maximum atomic E-state index is 11.4. The molecule has 1 rings (SSSR count). The van der Waals surface area contributed by atoms with Crippen molar-refractivity contribution < 1.29 is 19.6 Å². The van der Waals surface area contributed by atoms with E-state index in [-0.39, 0.29) is 29.1 Å². The first-order valence-corrected chi connectivity index (χ1v) is 6.61. The zero-order chi connectivity index (χ0) is 16.2. The van der Waals surface area contributed by atoms with Crippen molar-refractivity contribution in [2.45, 2.75) is 32.4 Å². The summed E-state index contributed by atoms with van der Waals surface area (Å²) >= 11 is 5.90. The molecule has 0 amide bonds. The number of aliphatic carboxylic acids is 1. The molecule has 7 nitrogen and oxygen atoms in total. The third kappa shape index (κ3) is 4.57. The van der Waals surface area contributed by atoms with Gasteiger partial charge in [-0.05, 0) is 26.8 Å². The molecular formula is C13H17ClN2O5. The van der Waals surface area contributed by atoms with Gasteiger partial charge >= 0.3 is 5.97 Å². The largest absolute Gasteiger partial charge is 0.489 e. The highest BCUT2D eigenvalue weighted by molar-refractivity contribution is 6.32. The topological polar surface area (TPSA) is 102 Å². The summed E-state index contributed by atoms with van der Waals surface area (Å²) in [6.07, 6.45) is 0. The van der Waals surface area contributed by atoms with Crippen LogP contribution in [0.1, 0.15) is 20.8 Å². The molecule has 0 aliphatic heterocycles. The lowest BCUT2D eigenvalue weighted by Gasteiger charge is -2.28. The van der Waals surface area contributed by atoms with Crippen molar-refractivity contribution in [3.63, 3.8) is 0 Å². The lowest BCUT2D eigenvalue weighted by atomic mass is 10.0. The lowest BCUT2D eigenvalue weighted by molar-refractivity contribution is -0.384. The maximum absolute atomic E-state index is 11.4. The molecule has 0 heterocycles. The van der Waals surface area contributed by atoms with Gasteiger partial charge < -0.3 is 9.84 Å². The lowest BCUT2D eigenvalue weighted by Crippen LogP contribution is -2.56. The predicted octanol–water partition coefficient (Wildman–Crippen LogP) is 2.47. The van der Waals surface area contributed by atoms with Gasteiger partial charge in [0.1, 0.15) is 17.9 Å². The molecule has 0 aliphatic rings. The van der Waals surface area contributed by atoms with Gasteiger partial charge in [0.15, 0.2) is 0 Å². The van der Waals surface area contributed by atoms with E-state index in [4.69, 9.17) is 16.3 Å². The summed E-state index contributed by atoms with van der Waals surface area (Å²) in [4.78, 5) is 21.5. The summed E-state index contributed by atoms with van der Waals surface area (Å²) in [5, 5.41) is 23.1. The van der Waals surface area contributed by atoms with Gasteiger partial charge in [0.25, 0.3) is 5.69 Å². The second kappa shape index (κ2) is 6.73. The molecule has 1 atom stereocenters. The summed E-state index contributed by atoms with van der Waals surface area (Å²) in [7, 11) is 0. The van der Waals surface area contributed by atoms with Gasteiger partial charge in [0.2, 0.25) is 0 Å². The van der Waals surface area contributed by atoms with E-state index in [2.05, 4.69) is 5.32 Å². The fraction of sp³-hybridized carbons (Fsp3) is 0.462. The molecule has 0 aliphatic carbocycles. The molecule has 0 saturated carbocycles. The molecule has 21 heavy (non-hydrogen) atoms. The minimum Gasteiger partial charge on any atom is -0.489 e. The van der Waals surface area contributed by atoms with Crippen LogP contribution in [0.5, 0.6) is 5.75 Å². The minimum absolute atomic E-state index is 0.0731. The number of ether oxygens (including phenoxy) is 1. The SMILES string of the molecule is CC(C)NC(C)(COc1cc([N+](=O)[O-])ccc1Cl)C(=O)O. The van der Waals surface area contributed by atoms with Crippen LogP contribution < -0.4 is 10.1 Å². The van der Waals surface area contributed by atoms with Gasteiger partial charge in [-0.15, -0.1) is 0 Å². The van der Waals surface area contributed by atoms with Gasteiger partial charge in [-0.1, -0.05) is 11.6 Å². The number of benzene rings is 1. The van der Waals surface area contributed by atoms with Gasteiger partial charge in [-0.2, -0.15) is 0 Å². The first-order valence-electron chi connectivity index (χ1n) is 6.23. The molecular weight excluding hydrogens is 300 g/mol. The molecule has 2 N–H and O–H groups in total. The van der Waals surface area contributed by atoms with Crippen molar-refractivity contribution in [2.75, 3.05) is 6.61 Å². The number of halogens is 1. The number of nitrogens with one attached hydrogen (secondary N) is 1. The fourth-order valence-electron chi connectivity index (χ4n) is 1.74. The number of carboxylic acids is 1. The average molecular weight is 317 g/mol. The summed E-state index contributed by atoms with van der Waals surface area (Å²) in [6.45, 7) is 4.87. The zero-order valence-corrected chi connectivity index (χ0v) is 12.7. The van der Waals surface area contributed by atoms with E-state index in [0.717, 1.165) is 0 Å². The molecule has 1 aromatic rings. The Morgan fingerprint density at radius 2 is 2.19 bits per heavy atom. The van der Waals surface area contributed by atoms with E-state index in [0.29, 0.717) is 0 Å². The summed E-state index contributed by atoms with van der Waals surface area (Å²) < 4.78 is 5.38. The van der Waals surface area contributed by atoms with Crippen LogP contribution in [0.2, 0.25) is 5.02 Å². The Balaban J connectivity index is 2.92. The summed E-state index contributed by atoms with van der Waals surface area (Å²) in [5.74, 6) is -1.01. The number of nitro benzene ring substituents is 1. The molecule has 1 aromatic carbocycles. The number of carbonyl (C=O) groups is 1. The Labute approximate surface area is 127 Å². The Bertz CT molecular complexity index is 549. The van der Waals surface area contributed by atoms with Crippen molar-refractivity contribution in [2.24, 2.45) is 0 Å². The van der Waals surface area contributed by atoms with E-state index in [1.165, 1.54) is 25.1 Å². The van der Waals surface area contributed by atoms with Crippen LogP contribution in [-0.4, -0.2) is 34.2 Å². The summed E-state index contributed by atoms with van der Waals surface area (Å²) in [6, 6.07) is 3.68. The first-order chi connectivity index (χ1) is 9.65. The van der Waals surface area contributed by atoms with Gasteiger partial charge in [0, 0.05) is 12.1 Å². The zero-order valence-electron chi connectivity index (χ0n) is 11.9. The number of nitro groups is 1. The molecule has 8 heteroatoms. The molecule has 0 aromatic heterocycles. The fourth-order valence-corrected chi connectivity index (χ4v) is 1.91. The average Bonchev–Trinajstić information content (AvgIpc) is 2.36.